The van der Waals surface area contributed by atoms with Crippen LogP contribution in [0.25, 0.3) is 0 Å². The van der Waals surface area contributed by atoms with Gasteiger partial charge in [0, 0.05) is 63.4 Å². The highest BCUT2D eigenvalue weighted by molar-refractivity contribution is 4.89. The van der Waals surface area contributed by atoms with Gasteiger partial charge in [-0.05, 0) is 25.7 Å². The summed E-state index contributed by atoms with van der Waals surface area (Å²) in [5, 5.41) is 18.8. The summed E-state index contributed by atoms with van der Waals surface area (Å²) in [4.78, 5) is 0. The molecule has 134 valence electrons. The second-order valence-electron chi connectivity index (χ2n) is 7.56. The summed E-state index contributed by atoms with van der Waals surface area (Å²) >= 11 is 0. The number of hydrogen-bond acceptors (Lipinski definition) is 5. The summed E-state index contributed by atoms with van der Waals surface area (Å²) in [6, 6.07) is 2.65. The maximum absolute atomic E-state index is 3.82. The van der Waals surface area contributed by atoms with E-state index < -0.39 is 0 Å². The summed E-state index contributed by atoms with van der Waals surface area (Å²) in [6.45, 7) is 6.55. The van der Waals surface area contributed by atoms with E-state index in [1.165, 1.54) is 51.4 Å². The van der Waals surface area contributed by atoms with Gasteiger partial charge >= 0.3 is 0 Å². The molecule has 5 N–H and O–H groups in total. The van der Waals surface area contributed by atoms with Crippen LogP contribution in [0.15, 0.2) is 0 Å². The van der Waals surface area contributed by atoms with E-state index in [4.69, 9.17) is 0 Å². The van der Waals surface area contributed by atoms with Crippen molar-refractivity contribution in [3.63, 3.8) is 0 Å². The second kappa shape index (κ2) is 9.94. The van der Waals surface area contributed by atoms with Crippen LogP contribution in [0.3, 0.4) is 0 Å². The van der Waals surface area contributed by atoms with Crippen molar-refractivity contribution in [1.29, 1.82) is 0 Å². The lowest BCUT2D eigenvalue weighted by atomic mass is 9.90. The lowest BCUT2D eigenvalue weighted by Gasteiger charge is -2.34. The van der Waals surface area contributed by atoms with Crippen LogP contribution in [0.2, 0.25) is 0 Å². The van der Waals surface area contributed by atoms with Crippen molar-refractivity contribution in [3.8, 4) is 0 Å². The van der Waals surface area contributed by atoms with Crippen LogP contribution in [0, 0.1) is 0 Å². The minimum atomic E-state index is 0.663. The number of fused-ring (bicyclic) bond motifs is 2. The van der Waals surface area contributed by atoms with Crippen molar-refractivity contribution in [1.82, 2.24) is 26.6 Å². The molecule has 5 nitrogen and oxygen atoms in total. The van der Waals surface area contributed by atoms with Crippen LogP contribution in [-0.2, 0) is 0 Å². The Kier molecular flexibility index (Phi) is 7.62. The Morgan fingerprint density at radius 2 is 0.696 bits per heavy atom. The summed E-state index contributed by atoms with van der Waals surface area (Å²) in [6.07, 6.45) is 10.9. The molecule has 4 atom stereocenters. The van der Waals surface area contributed by atoms with Gasteiger partial charge in [0.2, 0.25) is 0 Å². The van der Waals surface area contributed by atoms with E-state index in [0.717, 1.165) is 39.3 Å². The van der Waals surface area contributed by atoms with E-state index in [9.17, 15) is 0 Å². The van der Waals surface area contributed by atoms with Gasteiger partial charge in [0.25, 0.3) is 0 Å². The Morgan fingerprint density at radius 1 is 0.391 bits per heavy atom. The largest absolute Gasteiger partial charge is 0.314 e. The molecular weight excluding hydrogens is 286 g/mol. The normalized spacial score (nSPS) is 38.6. The van der Waals surface area contributed by atoms with Crippen molar-refractivity contribution < 1.29 is 0 Å². The number of hydrogen-bond donors (Lipinski definition) is 5. The summed E-state index contributed by atoms with van der Waals surface area (Å²) in [5.41, 5.74) is 0. The van der Waals surface area contributed by atoms with E-state index in [1.54, 1.807) is 0 Å². The molecule has 0 spiro atoms. The van der Waals surface area contributed by atoms with Gasteiger partial charge in [-0.3, -0.25) is 0 Å². The van der Waals surface area contributed by atoms with Crippen molar-refractivity contribution in [2.24, 2.45) is 0 Å². The Labute approximate surface area is 142 Å². The van der Waals surface area contributed by atoms with Crippen molar-refractivity contribution in [2.75, 3.05) is 39.3 Å². The maximum Gasteiger partial charge on any atom is 0.0221 e. The van der Waals surface area contributed by atoms with Crippen molar-refractivity contribution >= 4 is 0 Å². The highest BCUT2D eigenvalue weighted by atomic mass is 15.1. The molecule has 3 rings (SSSR count). The van der Waals surface area contributed by atoms with Gasteiger partial charge in [-0.15, -0.1) is 0 Å². The zero-order chi connectivity index (χ0) is 15.7. The maximum atomic E-state index is 3.82. The van der Waals surface area contributed by atoms with Crippen molar-refractivity contribution in [3.05, 3.63) is 0 Å². The fraction of sp³-hybridized carbons (Fsp3) is 1.00. The van der Waals surface area contributed by atoms with E-state index in [1.807, 2.05) is 0 Å². The zero-order valence-electron chi connectivity index (χ0n) is 14.7. The first-order chi connectivity index (χ1) is 11.4. The Balaban J connectivity index is 1.51. The monoisotopic (exact) mass is 323 g/mol. The quantitative estimate of drug-likeness (QED) is 0.451. The predicted molar refractivity (Wildman–Crippen MR) is 97.0 cm³/mol. The fourth-order valence-electron chi connectivity index (χ4n) is 4.57. The van der Waals surface area contributed by atoms with Crippen LogP contribution in [0.1, 0.15) is 51.4 Å². The molecule has 0 amide bonds. The van der Waals surface area contributed by atoms with Gasteiger partial charge < -0.3 is 26.6 Å². The molecule has 1 aliphatic heterocycles. The molecule has 0 aromatic rings. The second-order valence-corrected chi connectivity index (χ2v) is 7.56. The first kappa shape index (κ1) is 17.6. The Hall–Kier alpha value is -0.200. The fourth-order valence-corrected chi connectivity index (χ4v) is 4.57. The molecule has 5 heteroatoms. The van der Waals surface area contributed by atoms with E-state index in [2.05, 4.69) is 26.6 Å². The van der Waals surface area contributed by atoms with Gasteiger partial charge in [-0.25, -0.2) is 0 Å². The highest BCUT2D eigenvalue weighted by Gasteiger charge is 2.26. The summed E-state index contributed by atoms with van der Waals surface area (Å²) < 4.78 is 0. The molecule has 0 bridgehead atoms. The summed E-state index contributed by atoms with van der Waals surface area (Å²) in [7, 11) is 0. The lowest BCUT2D eigenvalue weighted by molar-refractivity contribution is 0.270. The van der Waals surface area contributed by atoms with Gasteiger partial charge in [0.05, 0.1) is 0 Å². The molecule has 2 aliphatic carbocycles. The van der Waals surface area contributed by atoms with Crippen LogP contribution >= 0.6 is 0 Å². The first-order valence-electron chi connectivity index (χ1n) is 10.1. The van der Waals surface area contributed by atoms with E-state index in [0.29, 0.717) is 24.2 Å². The third-order valence-corrected chi connectivity index (χ3v) is 5.89. The molecule has 2 saturated carbocycles. The Bertz CT molecular complexity index is 295. The molecule has 0 radical (unpaired) electrons. The smallest absolute Gasteiger partial charge is 0.0221 e. The van der Waals surface area contributed by atoms with Gasteiger partial charge in [-0.1, -0.05) is 25.7 Å². The summed E-state index contributed by atoms with van der Waals surface area (Å²) in [5.74, 6) is 0. The van der Waals surface area contributed by atoms with Gasteiger partial charge in [0.15, 0.2) is 0 Å². The molecular formula is C18H37N5. The number of rotatable bonds is 0. The minimum absolute atomic E-state index is 0.663. The molecule has 23 heavy (non-hydrogen) atoms. The molecule has 1 saturated heterocycles. The molecule has 0 aromatic heterocycles. The third kappa shape index (κ3) is 5.68. The van der Waals surface area contributed by atoms with E-state index >= 15 is 0 Å². The van der Waals surface area contributed by atoms with Gasteiger partial charge in [-0.2, -0.15) is 0 Å². The topological polar surface area (TPSA) is 60.1 Å². The lowest BCUT2D eigenvalue weighted by Crippen LogP contribution is -2.54. The SMILES string of the molecule is C1CC[C@H]2NCCNCCN[C@@H]3CCCCC3NCCNC2C1. The predicted octanol–water partition coefficient (Wildman–Crippen LogP) is 0.570. The highest BCUT2D eigenvalue weighted by Crippen LogP contribution is 2.19. The van der Waals surface area contributed by atoms with Gasteiger partial charge in [0.1, 0.15) is 0 Å². The minimum Gasteiger partial charge on any atom is -0.314 e. The molecule has 0 aromatic carbocycles. The van der Waals surface area contributed by atoms with Crippen LogP contribution < -0.4 is 26.6 Å². The Morgan fingerprint density at radius 3 is 1.04 bits per heavy atom. The average Bonchev–Trinajstić information content (AvgIpc) is 2.60. The molecule has 2 unspecified atom stereocenters. The zero-order valence-corrected chi connectivity index (χ0v) is 14.7. The van der Waals surface area contributed by atoms with Crippen LogP contribution in [-0.4, -0.2) is 63.4 Å². The molecule has 3 aliphatic rings. The molecule has 3 fully saturated rings. The van der Waals surface area contributed by atoms with E-state index in [-0.39, 0.29) is 0 Å². The molecule has 1 heterocycles. The van der Waals surface area contributed by atoms with Crippen molar-refractivity contribution in [2.45, 2.75) is 75.5 Å². The number of nitrogens with one attached hydrogen (secondary N) is 5. The average molecular weight is 324 g/mol. The first-order valence-corrected chi connectivity index (χ1v) is 10.1. The van der Waals surface area contributed by atoms with Crippen LogP contribution in [0.5, 0.6) is 0 Å². The standard InChI is InChI=1S/C18H37N5/c1-3-7-17-15(5-1)20-11-9-19-10-12-21-16-6-2-4-8-18(16)23-14-13-22-17/h15-23H,1-14H2/t15-,16-,17?,18?/m1/s1. The van der Waals surface area contributed by atoms with Crippen LogP contribution in [0.4, 0.5) is 0 Å². The third-order valence-electron chi connectivity index (χ3n) is 5.89.